The van der Waals surface area contributed by atoms with Crippen LogP contribution in [0, 0.1) is 5.82 Å². The highest BCUT2D eigenvalue weighted by Gasteiger charge is 2.24. The second kappa shape index (κ2) is 10.3. The van der Waals surface area contributed by atoms with Crippen LogP contribution in [0.5, 0.6) is 0 Å². The molecular weight excluding hydrogens is 467 g/mol. The smallest absolute Gasteiger partial charge is 0.243 e. The summed E-state index contributed by atoms with van der Waals surface area (Å²) in [5.41, 5.74) is 0.948. The van der Waals surface area contributed by atoms with Gasteiger partial charge in [0.25, 0.3) is 0 Å². The van der Waals surface area contributed by atoms with Gasteiger partial charge in [-0.05, 0) is 43.3 Å². The van der Waals surface area contributed by atoms with Crippen molar-refractivity contribution in [2.24, 2.45) is 0 Å². The number of carbonyl (C=O) groups is 1. The first kappa shape index (κ1) is 24.7. The Morgan fingerprint density at radius 2 is 1.85 bits per heavy atom. The fourth-order valence-electron chi connectivity index (χ4n) is 3.05. The number of anilines is 1. The van der Waals surface area contributed by atoms with Gasteiger partial charge in [-0.1, -0.05) is 37.7 Å². The van der Waals surface area contributed by atoms with E-state index < -0.39 is 21.1 Å². The summed E-state index contributed by atoms with van der Waals surface area (Å²) in [4.78, 5) is 12.6. The van der Waals surface area contributed by atoms with Gasteiger partial charge in [0, 0.05) is 24.3 Å². The molecular formula is C21H25FN6O3S2. The molecule has 3 aromatic rings. The fourth-order valence-corrected chi connectivity index (χ4v) is 5.33. The maximum Gasteiger partial charge on any atom is 0.243 e. The van der Waals surface area contributed by atoms with Gasteiger partial charge in [-0.15, -0.1) is 10.2 Å². The number of thioether (sulfide) groups is 1. The Bertz CT molecular complexity index is 1230. The van der Waals surface area contributed by atoms with E-state index in [-0.39, 0.29) is 21.8 Å². The minimum absolute atomic E-state index is 0.132. The number of sulfonamides is 1. The lowest BCUT2D eigenvalue weighted by Gasteiger charge is -2.18. The molecule has 1 amide bonds. The van der Waals surface area contributed by atoms with Crippen molar-refractivity contribution in [3.63, 3.8) is 0 Å². The molecule has 1 unspecified atom stereocenters. The van der Waals surface area contributed by atoms with E-state index in [9.17, 15) is 17.6 Å². The highest BCUT2D eigenvalue weighted by Crippen LogP contribution is 2.27. The van der Waals surface area contributed by atoms with E-state index >= 15 is 0 Å². The molecule has 0 saturated heterocycles. The van der Waals surface area contributed by atoms with E-state index in [0.717, 1.165) is 11.8 Å². The fraction of sp³-hybridized carbons (Fsp3) is 0.286. The lowest BCUT2D eigenvalue weighted by molar-refractivity contribution is -0.115. The van der Waals surface area contributed by atoms with Gasteiger partial charge in [0.1, 0.15) is 5.82 Å². The van der Waals surface area contributed by atoms with Crippen LogP contribution in [0.15, 0.2) is 58.6 Å². The first-order chi connectivity index (χ1) is 15.7. The molecule has 0 fully saturated rings. The molecule has 0 bridgehead atoms. The van der Waals surface area contributed by atoms with Gasteiger partial charge >= 0.3 is 0 Å². The van der Waals surface area contributed by atoms with Crippen LogP contribution >= 0.6 is 11.8 Å². The molecule has 9 nitrogen and oxygen atoms in total. The summed E-state index contributed by atoms with van der Waals surface area (Å²) in [6.45, 7) is 5.94. The second-order valence-electron chi connectivity index (χ2n) is 7.05. The molecule has 0 aliphatic carbocycles. The van der Waals surface area contributed by atoms with Gasteiger partial charge < -0.3 is 11.2 Å². The highest BCUT2D eigenvalue weighted by molar-refractivity contribution is 8.00. The monoisotopic (exact) mass is 492 g/mol. The number of amides is 1. The molecule has 33 heavy (non-hydrogen) atoms. The third-order valence-corrected chi connectivity index (χ3v) is 7.97. The highest BCUT2D eigenvalue weighted by atomic mass is 32.2. The standard InChI is InChI=1S/C21H25FN6O3S2/c1-4-27(5-2)33(30,31)18-8-6-7-15(13-18)19-25-26-21(28(19)23)32-14(3)20(29)24-17-11-9-16(22)10-12-17/h6-14H,4-5,23H2,1-3H3,(H,24,29). The van der Waals surface area contributed by atoms with Gasteiger partial charge in [0.2, 0.25) is 21.1 Å². The summed E-state index contributed by atoms with van der Waals surface area (Å²) >= 11 is 1.09. The van der Waals surface area contributed by atoms with Crippen molar-refractivity contribution in [1.29, 1.82) is 0 Å². The molecule has 0 radical (unpaired) electrons. The molecule has 1 atom stereocenters. The van der Waals surface area contributed by atoms with Crippen molar-refractivity contribution in [3.8, 4) is 11.4 Å². The molecule has 2 aromatic carbocycles. The largest absolute Gasteiger partial charge is 0.335 e. The lowest BCUT2D eigenvalue weighted by atomic mass is 10.2. The summed E-state index contributed by atoms with van der Waals surface area (Å²) < 4.78 is 41.3. The van der Waals surface area contributed by atoms with Crippen LogP contribution in [0.2, 0.25) is 0 Å². The van der Waals surface area contributed by atoms with Crippen LogP contribution in [0.25, 0.3) is 11.4 Å². The van der Waals surface area contributed by atoms with Crippen molar-refractivity contribution in [2.75, 3.05) is 24.2 Å². The Hall–Kier alpha value is -2.96. The van der Waals surface area contributed by atoms with Crippen molar-refractivity contribution < 1.29 is 17.6 Å². The summed E-state index contributed by atoms with van der Waals surface area (Å²) in [6, 6.07) is 11.8. The molecule has 0 aliphatic rings. The van der Waals surface area contributed by atoms with Crippen LogP contribution in [-0.2, 0) is 14.8 Å². The Morgan fingerprint density at radius 3 is 2.48 bits per heavy atom. The minimum Gasteiger partial charge on any atom is -0.335 e. The molecule has 0 spiro atoms. The number of hydrogen-bond donors (Lipinski definition) is 2. The first-order valence-corrected chi connectivity index (χ1v) is 12.5. The molecule has 0 aliphatic heterocycles. The lowest BCUT2D eigenvalue weighted by Crippen LogP contribution is -2.30. The zero-order valence-corrected chi connectivity index (χ0v) is 20.0. The van der Waals surface area contributed by atoms with E-state index in [2.05, 4.69) is 15.5 Å². The van der Waals surface area contributed by atoms with Crippen molar-refractivity contribution in [3.05, 3.63) is 54.3 Å². The van der Waals surface area contributed by atoms with Crippen molar-refractivity contribution in [1.82, 2.24) is 19.2 Å². The number of nitrogens with one attached hydrogen (secondary N) is 1. The van der Waals surface area contributed by atoms with Crippen molar-refractivity contribution >= 4 is 33.4 Å². The maximum atomic E-state index is 13.0. The van der Waals surface area contributed by atoms with E-state index in [1.54, 1.807) is 32.9 Å². The Labute approximate surface area is 196 Å². The van der Waals surface area contributed by atoms with Gasteiger partial charge in [-0.25, -0.2) is 17.5 Å². The van der Waals surface area contributed by atoms with Crippen molar-refractivity contribution in [2.45, 2.75) is 36.1 Å². The number of halogens is 1. The van der Waals surface area contributed by atoms with Gasteiger partial charge in [0.15, 0.2) is 5.82 Å². The zero-order valence-electron chi connectivity index (χ0n) is 18.4. The summed E-state index contributed by atoms with van der Waals surface area (Å²) in [5, 5.41) is 10.5. The van der Waals surface area contributed by atoms with Crippen LogP contribution in [0.3, 0.4) is 0 Å². The number of carbonyl (C=O) groups excluding carboxylic acids is 1. The number of nitrogen functional groups attached to an aromatic ring is 1. The Morgan fingerprint density at radius 1 is 1.18 bits per heavy atom. The average molecular weight is 493 g/mol. The molecule has 0 saturated carbocycles. The van der Waals surface area contributed by atoms with E-state index in [1.807, 2.05) is 0 Å². The first-order valence-electron chi connectivity index (χ1n) is 10.2. The van der Waals surface area contributed by atoms with E-state index in [4.69, 9.17) is 5.84 Å². The second-order valence-corrected chi connectivity index (χ2v) is 10.3. The number of hydrogen-bond acceptors (Lipinski definition) is 7. The third-order valence-electron chi connectivity index (χ3n) is 4.86. The van der Waals surface area contributed by atoms with Gasteiger partial charge in [-0.3, -0.25) is 4.79 Å². The number of nitrogens with zero attached hydrogens (tertiary/aromatic N) is 4. The topological polar surface area (TPSA) is 123 Å². The van der Waals surface area contributed by atoms with E-state index in [1.165, 1.54) is 45.4 Å². The molecule has 1 heterocycles. The SMILES string of the molecule is CCN(CC)S(=O)(=O)c1cccc(-c2nnc(SC(C)C(=O)Nc3ccc(F)cc3)n2N)c1. The average Bonchev–Trinajstić information content (AvgIpc) is 3.16. The number of rotatable bonds is 9. The molecule has 3 rings (SSSR count). The quantitative estimate of drug-likeness (QED) is 0.348. The molecule has 12 heteroatoms. The molecule has 176 valence electrons. The van der Waals surface area contributed by atoms with Gasteiger partial charge in [0.05, 0.1) is 10.1 Å². The maximum absolute atomic E-state index is 13.0. The van der Waals surface area contributed by atoms with Crippen LogP contribution in [0.1, 0.15) is 20.8 Å². The summed E-state index contributed by atoms with van der Waals surface area (Å²) in [6.07, 6.45) is 0. The summed E-state index contributed by atoms with van der Waals surface area (Å²) in [5.74, 6) is 5.71. The zero-order chi connectivity index (χ0) is 24.2. The molecule has 3 N–H and O–H groups in total. The minimum atomic E-state index is -3.65. The van der Waals surface area contributed by atoms with Crippen LogP contribution in [0.4, 0.5) is 10.1 Å². The number of benzene rings is 2. The van der Waals surface area contributed by atoms with Crippen LogP contribution in [-0.4, -0.2) is 51.8 Å². The number of aromatic nitrogens is 3. The number of nitrogens with two attached hydrogens (primary N) is 1. The normalized spacial score (nSPS) is 12.6. The predicted molar refractivity (Wildman–Crippen MR) is 126 cm³/mol. The predicted octanol–water partition coefficient (Wildman–Crippen LogP) is 2.95. The van der Waals surface area contributed by atoms with E-state index in [0.29, 0.717) is 24.3 Å². The Balaban J connectivity index is 1.78. The van der Waals surface area contributed by atoms with Crippen LogP contribution < -0.4 is 11.2 Å². The molecule has 1 aromatic heterocycles. The Kier molecular flexibility index (Phi) is 7.72. The third kappa shape index (κ3) is 5.52. The summed E-state index contributed by atoms with van der Waals surface area (Å²) in [7, 11) is -3.65. The van der Waals surface area contributed by atoms with Gasteiger partial charge in [-0.2, -0.15) is 4.31 Å².